The lowest BCUT2D eigenvalue weighted by molar-refractivity contribution is 0.187. The van der Waals surface area contributed by atoms with Gasteiger partial charge in [-0.1, -0.05) is 31.1 Å². The number of halogens is 1. The summed E-state index contributed by atoms with van der Waals surface area (Å²) < 4.78 is 14.4. The molecule has 0 aliphatic heterocycles. The van der Waals surface area contributed by atoms with Gasteiger partial charge in [-0.15, -0.1) is 0 Å². The van der Waals surface area contributed by atoms with Crippen LogP contribution in [0, 0.1) is 11.7 Å². The second-order valence-corrected chi connectivity index (χ2v) is 5.68. The summed E-state index contributed by atoms with van der Waals surface area (Å²) in [6.45, 7) is 9.86. The Balaban J connectivity index is 3.02. The summed E-state index contributed by atoms with van der Waals surface area (Å²) in [5, 5.41) is 11.5. The molecule has 0 aliphatic rings. The van der Waals surface area contributed by atoms with Gasteiger partial charge in [-0.05, 0) is 25.8 Å². The summed E-state index contributed by atoms with van der Waals surface area (Å²) in [5.74, 6) is -0.116. The molecule has 0 amide bonds. The van der Waals surface area contributed by atoms with Gasteiger partial charge in [0.1, 0.15) is 5.82 Å². The van der Waals surface area contributed by atoms with Gasteiger partial charge >= 0.3 is 0 Å². The molecule has 0 bridgehead atoms. The van der Waals surface area contributed by atoms with E-state index in [1.54, 1.807) is 12.1 Å². The lowest BCUT2D eigenvalue weighted by atomic mass is 10.1. The first-order chi connectivity index (χ1) is 9.36. The van der Waals surface area contributed by atoms with Crippen LogP contribution in [0.2, 0.25) is 0 Å². The highest BCUT2D eigenvalue weighted by molar-refractivity contribution is 5.97. The number of rotatable bonds is 6. The van der Waals surface area contributed by atoms with E-state index in [4.69, 9.17) is 10.9 Å². The Morgan fingerprint density at radius 2 is 2.00 bits per heavy atom. The predicted molar refractivity (Wildman–Crippen MR) is 79.3 cm³/mol. The van der Waals surface area contributed by atoms with E-state index < -0.39 is 5.82 Å². The van der Waals surface area contributed by atoms with E-state index in [0.717, 1.165) is 6.54 Å². The lowest BCUT2D eigenvalue weighted by Crippen LogP contribution is -2.34. The number of amidine groups is 1. The van der Waals surface area contributed by atoms with E-state index >= 15 is 0 Å². The predicted octanol–water partition coefficient (Wildman–Crippen LogP) is 2.79. The third-order valence-corrected chi connectivity index (χ3v) is 3.17. The maximum Gasteiger partial charge on any atom is 0.173 e. The quantitative estimate of drug-likeness (QED) is 0.365. The molecule has 0 unspecified atom stereocenters. The van der Waals surface area contributed by atoms with Crippen LogP contribution >= 0.6 is 0 Å². The molecule has 0 fully saturated rings. The fourth-order valence-electron chi connectivity index (χ4n) is 2.10. The monoisotopic (exact) mass is 281 g/mol. The van der Waals surface area contributed by atoms with Crippen molar-refractivity contribution in [2.75, 3.05) is 6.54 Å². The van der Waals surface area contributed by atoms with Crippen molar-refractivity contribution < 1.29 is 9.60 Å². The molecule has 4 nitrogen and oxygen atoms in total. The number of benzene rings is 1. The Labute approximate surface area is 120 Å². The van der Waals surface area contributed by atoms with Crippen LogP contribution in [-0.2, 0) is 6.54 Å². The molecule has 0 radical (unpaired) electrons. The van der Waals surface area contributed by atoms with Gasteiger partial charge in [-0.25, -0.2) is 4.39 Å². The Bertz CT molecular complexity index is 472. The molecule has 5 heteroatoms. The van der Waals surface area contributed by atoms with Gasteiger partial charge in [0.2, 0.25) is 0 Å². The van der Waals surface area contributed by atoms with Crippen molar-refractivity contribution in [3.05, 3.63) is 35.1 Å². The Morgan fingerprint density at radius 1 is 1.35 bits per heavy atom. The van der Waals surface area contributed by atoms with Crippen molar-refractivity contribution >= 4 is 5.84 Å². The summed E-state index contributed by atoms with van der Waals surface area (Å²) in [6.07, 6.45) is 0. The smallest absolute Gasteiger partial charge is 0.173 e. The fraction of sp³-hybridized carbons (Fsp3) is 0.533. The molecule has 112 valence electrons. The molecular formula is C15H24FN3O. The van der Waals surface area contributed by atoms with Gasteiger partial charge in [0.05, 0.1) is 5.56 Å². The molecule has 0 saturated heterocycles. The zero-order chi connectivity index (χ0) is 15.3. The minimum absolute atomic E-state index is 0.137. The fourth-order valence-corrected chi connectivity index (χ4v) is 2.10. The SMILES string of the molecule is CC(C)CN(Cc1cccc(/C(N)=N/O)c1F)C(C)C. The zero-order valence-corrected chi connectivity index (χ0v) is 12.6. The van der Waals surface area contributed by atoms with Crippen molar-refractivity contribution in [2.45, 2.75) is 40.3 Å². The topological polar surface area (TPSA) is 61.8 Å². The number of hydrogen-bond donors (Lipinski definition) is 2. The van der Waals surface area contributed by atoms with Gasteiger partial charge in [-0.2, -0.15) is 0 Å². The van der Waals surface area contributed by atoms with Gasteiger partial charge in [-0.3, -0.25) is 4.90 Å². The lowest BCUT2D eigenvalue weighted by Gasteiger charge is -2.28. The molecule has 20 heavy (non-hydrogen) atoms. The summed E-state index contributed by atoms with van der Waals surface area (Å²) in [7, 11) is 0. The molecule has 0 spiro atoms. The molecule has 0 saturated carbocycles. The summed E-state index contributed by atoms with van der Waals surface area (Å²) >= 11 is 0. The van der Waals surface area contributed by atoms with Crippen molar-refractivity contribution in [1.29, 1.82) is 0 Å². The van der Waals surface area contributed by atoms with E-state index in [9.17, 15) is 4.39 Å². The van der Waals surface area contributed by atoms with Crippen molar-refractivity contribution in [3.63, 3.8) is 0 Å². The Morgan fingerprint density at radius 3 is 2.50 bits per heavy atom. The van der Waals surface area contributed by atoms with Gasteiger partial charge in [0, 0.05) is 24.7 Å². The van der Waals surface area contributed by atoms with E-state index in [-0.39, 0.29) is 11.4 Å². The normalized spacial score (nSPS) is 12.7. The van der Waals surface area contributed by atoms with Crippen LogP contribution in [0.5, 0.6) is 0 Å². The van der Waals surface area contributed by atoms with Crippen LogP contribution in [0.15, 0.2) is 23.4 Å². The molecule has 0 heterocycles. The highest BCUT2D eigenvalue weighted by Gasteiger charge is 2.17. The minimum atomic E-state index is -0.419. The molecular weight excluding hydrogens is 257 g/mol. The molecule has 0 aliphatic carbocycles. The second kappa shape index (κ2) is 7.24. The van der Waals surface area contributed by atoms with Crippen molar-refractivity contribution in [2.24, 2.45) is 16.8 Å². The van der Waals surface area contributed by atoms with E-state index in [1.165, 1.54) is 6.07 Å². The maximum absolute atomic E-state index is 14.4. The largest absolute Gasteiger partial charge is 0.409 e. The van der Waals surface area contributed by atoms with E-state index in [2.05, 4.69) is 37.8 Å². The van der Waals surface area contributed by atoms with Crippen LogP contribution in [0.3, 0.4) is 0 Å². The molecule has 1 aromatic rings. The minimum Gasteiger partial charge on any atom is -0.409 e. The summed E-state index contributed by atoms with van der Waals surface area (Å²) in [4.78, 5) is 2.21. The number of oxime groups is 1. The van der Waals surface area contributed by atoms with Gasteiger partial charge < -0.3 is 10.9 Å². The van der Waals surface area contributed by atoms with Crippen LogP contribution in [0.1, 0.15) is 38.8 Å². The number of nitrogens with zero attached hydrogens (tertiary/aromatic N) is 2. The maximum atomic E-state index is 14.4. The average molecular weight is 281 g/mol. The first kappa shape index (κ1) is 16.4. The Hall–Kier alpha value is -1.62. The first-order valence-electron chi connectivity index (χ1n) is 6.86. The summed E-state index contributed by atoms with van der Waals surface area (Å²) in [5.41, 5.74) is 6.18. The third kappa shape index (κ3) is 4.20. The van der Waals surface area contributed by atoms with Gasteiger partial charge in [0.15, 0.2) is 5.84 Å². The molecule has 1 aromatic carbocycles. The number of nitrogens with two attached hydrogens (primary N) is 1. The first-order valence-corrected chi connectivity index (χ1v) is 6.86. The van der Waals surface area contributed by atoms with Crippen LogP contribution in [-0.4, -0.2) is 28.5 Å². The highest BCUT2D eigenvalue weighted by atomic mass is 19.1. The van der Waals surface area contributed by atoms with Crippen molar-refractivity contribution in [3.8, 4) is 0 Å². The van der Waals surface area contributed by atoms with E-state index in [1.807, 2.05) is 0 Å². The van der Waals surface area contributed by atoms with Crippen molar-refractivity contribution in [1.82, 2.24) is 4.90 Å². The van der Waals surface area contributed by atoms with Gasteiger partial charge in [0.25, 0.3) is 0 Å². The highest BCUT2D eigenvalue weighted by Crippen LogP contribution is 2.17. The summed E-state index contributed by atoms with van der Waals surface area (Å²) in [6, 6.07) is 5.29. The van der Waals surface area contributed by atoms with Crippen LogP contribution in [0.25, 0.3) is 0 Å². The average Bonchev–Trinajstić information content (AvgIpc) is 2.38. The molecule has 0 atom stereocenters. The molecule has 3 N–H and O–H groups in total. The zero-order valence-electron chi connectivity index (χ0n) is 12.6. The molecule has 0 aromatic heterocycles. The Kier molecular flexibility index (Phi) is 5.95. The van der Waals surface area contributed by atoms with Crippen LogP contribution < -0.4 is 5.73 Å². The third-order valence-electron chi connectivity index (χ3n) is 3.17. The second-order valence-electron chi connectivity index (χ2n) is 5.68. The standard InChI is InChI=1S/C15H24FN3O/c1-10(2)8-19(11(3)4)9-12-6-5-7-13(14(12)16)15(17)18-20/h5-7,10-11,20H,8-9H2,1-4H3,(H2,17,18). The number of hydrogen-bond acceptors (Lipinski definition) is 3. The van der Waals surface area contributed by atoms with E-state index in [0.29, 0.717) is 24.1 Å². The van der Waals surface area contributed by atoms with Crippen LogP contribution in [0.4, 0.5) is 4.39 Å². The molecule has 1 rings (SSSR count).